The highest BCUT2D eigenvalue weighted by Gasteiger charge is 2.43. The number of unbranched alkanes of at least 4 members (excludes halogenated alkanes) is 1. The minimum absolute atomic E-state index is 0.0521. The third kappa shape index (κ3) is 11.0. The first-order chi connectivity index (χ1) is 13.9. The first-order valence-corrected chi connectivity index (χ1v) is 10.7. The molecule has 29 heavy (non-hydrogen) atoms. The number of hydrogen-bond acceptors (Lipinski definition) is 9. The van der Waals surface area contributed by atoms with Crippen molar-refractivity contribution >= 4 is 0 Å². The lowest BCUT2D eigenvalue weighted by Gasteiger charge is -2.40. The predicted molar refractivity (Wildman–Crippen MR) is 110 cm³/mol. The van der Waals surface area contributed by atoms with E-state index < -0.39 is 37.3 Å². The summed E-state index contributed by atoms with van der Waals surface area (Å²) in [5.41, 5.74) is 0. The number of hydrogen-bond donors (Lipinski definition) is 5. The molecule has 1 saturated heterocycles. The van der Waals surface area contributed by atoms with Crippen molar-refractivity contribution in [3.63, 3.8) is 0 Å². The van der Waals surface area contributed by atoms with Crippen molar-refractivity contribution in [1.82, 2.24) is 4.90 Å². The van der Waals surface area contributed by atoms with Crippen LogP contribution < -0.4 is 0 Å². The summed E-state index contributed by atoms with van der Waals surface area (Å²) >= 11 is 0. The molecule has 1 aliphatic heterocycles. The number of aliphatic hydroxyl groups excluding tert-OH is 5. The van der Waals surface area contributed by atoms with E-state index >= 15 is 0 Å². The first kappa shape index (κ1) is 28.6. The van der Waals surface area contributed by atoms with Crippen LogP contribution in [0.2, 0.25) is 0 Å². The largest absolute Gasteiger partial charge is 0.395 e. The molecule has 176 valence electrons. The molecule has 1 heterocycles. The molecule has 4 unspecified atom stereocenters. The average molecular weight is 426 g/mol. The van der Waals surface area contributed by atoms with Gasteiger partial charge in [0.1, 0.15) is 24.4 Å². The lowest BCUT2D eigenvalue weighted by Crippen LogP contribution is -2.59. The Kier molecular flexibility index (Phi) is 17.1. The zero-order valence-electron chi connectivity index (χ0n) is 18.4. The van der Waals surface area contributed by atoms with Crippen LogP contribution in [0.25, 0.3) is 0 Å². The van der Waals surface area contributed by atoms with Crippen molar-refractivity contribution in [3.8, 4) is 0 Å². The number of ether oxygens (including phenoxy) is 3. The van der Waals surface area contributed by atoms with E-state index in [1.807, 2.05) is 13.8 Å². The standard InChI is InChI=1S/C16H33NO7.C4H10O/c1-3-4-5-11(2)17(6-8-18)7-9-23-16-15(22)14(21)13(20)12(10-19)24-16;1-3-5-4-2/h11-16,18-22H,3-10H2,1-2H3;3-4H2,1-2H3/t11?,12?,13-,14?,15?,16+;/m1./s1. The third-order valence-electron chi connectivity index (χ3n) is 4.90. The first-order valence-electron chi connectivity index (χ1n) is 10.7. The van der Waals surface area contributed by atoms with Gasteiger partial charge in [0.15, 0.2) is 6.29 Å². The number of rotatable bonds is 13. The summed E-state index contributed by atoms with van der Waals surface area (Å²) in [6, 6.07) is 0.301. The highest BCUT2D eigenvalue weighted by molar-refractivity contribution is 4.88. The summed E-state index contributed by atoms with van der Waals surface area (Å²) in [6.07, 6.45) is -3.03. The third-order valence-corrected chi connectivity index (χ3v) is 4.90. The fourth-order valence-corrected chi connectivity index (χ4v) is 3.06. The Bertz CT molecular complexity index is 372. The molecule has 1 aliphatic rings. The summed E-state index contributed by atoms with van der Waals surface area (Å²) in [5.74, 6) is 0. The van der Waals surface area contributed by atoms with Gasteiger partial charge in [-0.2, -0.15) is 0 Å². The Hall–Kier alpha value is -0.360. The van der Waals surface area contributed by atoms with Gasteiger partial charge in [-0.15, -0.1) is 0 Å². The highest BCUT2D eigenvalue weighted by Crippen LogP contribution is 2.22. The predicted octanol–water partition coefficient (Wildman–Crippen LogP) is -0.281. The molecule has 6 atom stereocenters. The SMILES string of the molecule is CCCCC(C)N(CCO)CCO[C@H]1OC(CO)[C@@H](O)C(O)C1O.CCOCC. The number of nitrogens with zero attached hydrogens (tertiary/aromatic N) is 1. The topological polar surface area (TPSA) is 132 Å². The van der Waals surface area contributed by atoms with E-state index in [-0.39, 0.29) is 13.2 Å². The van der Waals surface area contributed by atoms with Crippen molar-refractivity contribution in [2.45, 2.75) is 83.7 Å². The van der Waals surface area contributed by atoms with Crippen LogP contribution in [0.1, 0.15) is 47.0 Å². The molecule has 9 nitrogen and oxygen atoms in total. The second kappa shape index (κ2) is 17.3. The summed E-state index contributed by atoms with van der Waals surface area (Å²) in [5, 5.41) is 47.7. The van der Waals surface area contributed by atoms with Crippen LogP contribution in [0.15, 0.2) is 0 Å². The maximum absolute atomic E-state index is 9.92. The molecule has 0 aliphatic carbocycles. The monoisotopic (exact) mass is 425 g/mol. The van der Waals surface area contributed by atoms with Crippen LogP contribution in [-0.2, 0) is 14.2 Å². The van der Waals surface area contributed by atoms with Crippen LogP contribution in [0.3, 0.4) is 0 Å². The molecular weight excluding hydrogens is 382 g/mol. The van der Waals surface area contributed by atoms with Crippen molar-refractivity contribution < 1.29 is 39.7 Å². The average Bonchev–Trinajstić information content (AvgIpc) is 2.72. The fourth-order valence-electron chi connectivity index (χ4n) is 3.06. The Morgan fingerprint density at radius 1 is 0.966 bits per heavy atom. The molecule has 0 radical (unpaired) electrons. The van der Waals surface area contributed by atoms with Gasteiger partial charge < -0.3 is 39.7 Å². The summed E-state index contributed by atoms with van der Waals surface area (Å²) in [7, 11) is 0. The van der Waals surface area contributed by atoms with Crippen LogP contribution in [0, 0.1) is 0 Å². The van der Waals surface area contributed by atoms with E-state index in [4.69, 9.17) is 19.3 Å². The van der Waals surface area contributed by atoms with E-state index in [1.54, 1.807) is 0 Å². The molecule has 5 N–H and O–H groups in total. The lowest BCUT2D eigenvalue weighted by molar-refractivity contribution is -0.301. The van der Waals surface area contributed by atoms with E-state index in [9.17, 15) is 20.4 Å². The van der Waals surface area contributed by atoms with Crippen molar-refractivity contribution in [3.05, 3.63) is 0 Å². The lowest BCUT2D eigenvalue weighted by atomic mass is 9.99. The molecule has 0 aromatic rings. The summed E-state index contributed by atoms with van der Waals surface area (Å²) in [6.45, 7) is 10.8. The Morgan fingerprint density at radius 3 is 2.10 bits per heavy atom. The zero-order valence-corrected chi connectivity index (χ0v) is 18.4. The van der Waals surface area contributed by atoms with Gasteiger partial charge in [0.2, 0.25) is 0 Å². The van der Waals surface area contributed by atoms with Gasteiger partial charge in [-0.3, -0.25) is 4.90 Å². The molecular formula is C20H43NO8. The maximum Gasteiger partial charge on any atom is 0.186 e. The van der Waals surface area contributed by atoms with Gasteiger partial charge in [-0.25, -0.2) is 0 Å². The van der Waals surface area contributed by atoms with E-state index in [2.05, 4.69) is 18.7 Å². The Balaban J connectivity index is 0.00000139. The molecule has 0 saturated carbocycles. The van der Waals surface area contributed by atoms with Gasteiger partial charge >= 0.3 is 0 Å². The van der Waals surface area contributed by atoms with Crippen LogP contribution >= 0.6 is 0 Å². The quantitative estimate of drug-likeness (QED) is 0.270. The van der Waals surface area contributed by atoms with Crippen molar-refractivity contribution in [2.24, 2.45) is 0 Å². The Morgan fingerprint density at radius 2 is 1.62 bits per heavy atom. The maximum atomic E-state index is 9.92. The molecule has 1 rings (SSSR count). The van der Waals surface area contributed by atoms with Gasteiger partial charge in [0.05, 0.1) is 19.8 Å². The van der Waals surface area contributed by atoms with Gasteiger partial charge in [0.25, 0.3) is 0 Å². The fraction of sp³-hybridized carbons (Fsp3) is 1.00. The van der Waals surface area contributed by atoms with Crippen molar-refractivity contribution in [1.29, 1.82) is 0 Å². The smallest absolute Gasteiger partial charge is 0.186 e. The highest BCUT2D eigenvalue weighted by atomic mass is 16.7. The van der Waals surface area contributed by atoms with Gasteiger partial charge in [0, 0.05) is 32.3 Å². The summed E-state index contributed by atoms with van der Waals surface area (Å²) in [4.78, 5) is 2.10. The molecule has 0 amide bonds. The summed E-state index contributed by atoms with van der Waals surface area (Å²) < 4.78 is 15.6. The minimum atomic E-state index is -1.43. The number of aliphatic hydroxyl groups is 5. The Labute approximate surface area is 175 Å². The van der Waals surface area contributed by atoms with Crippen LogP contribution in [0.4, 0.5) is 0 Å². The molecule has 0 aromatic heterocycles. The molecule has 9 heteroatoms. The van der Waals surface area contributed by atoms with E-state index in [0.29, 0.717) is 19.1 Å². The second-order valence-corrected chi connectivity index (χ2v) is 7.10. The molecule has 1 fully saturated rings. The van der Waals surface area contributed by atoms with E-state index in [1.165, 1.54) is 0 Å². The second-order valence-electron chi connectivity index (χ2n) is 7.10. The molecule has 0 spiro atoms. The van der Waals surface area contributed by atoms with Gasteiger partial charge in [-0.05, 0) is 27.2 Å². The van der Waals surface area contributed by atoms with Gasteiger partial charge in [-0.1, -0.05) is 19.8 Å². The zero-order chi connectivity index (χ0) is 22.2. The van der Waals surface area contributed by atoms with Crippen LogP contribution in [-0.4, -0.2) is 113 Å². The molecule has 0 aromatic carbocycles. The van der Waals surface area contributed by atoms with E-state index in [0.717, 1.165) is 32.5 Å². The van der Waals surface area contributed by atoms with Crippen LogP contribution in [0.5, 0.6) is 0 Å². The molecule has 0 bridgehead atoms. The van der Waals surface area contributed by atoms with Crippen molar-refractivity contribution in [2.75, 3.05) is 46.1 Å². The normalized spacial score (nSPS) is 28.1. The minimum Gasteiger partial charge on any atom is -0.395 e.